The first-order valence-electron chi connectivity index (χ1n) is 8.06. The topological polar surface area (TPSA) is 104 Å². The van der Waals surface area contributed by atoms with E-state index in [1.165, 1.54) is 12.1 Å². The van der Waals surface area contributed by atoms with E-state index in [1.807, 2.05) is 19.9 Å². The highest BCUT2D eigenvalue weighted by Crippen LogP contribution is 2.37. The molecule has 0 radical (unpaired) electrons. The molecule has 0 unspecified atom stereocenters. The Morgan fingerprint density at radius 1 is 1.04 bits per heavy atom. The molecule has 0 saturated carbocycles. The lowest BCUT2D eigenvalue weighted by Crippen LogP contribution is -2.01. The summed E-state index contributed by atoms with van der Waals surface area (Å²) in [4.78, 5) is 12.9. The maximum atomic E-state index is 12.9. The fraction of sp³-hybridized carbons (Fsp3) is 0.150. The molecule has 4 rings (SSSR count). The first-order valence-corrected chi connectivity index (χ1v) is 8.06. The van der Waals surface area contributed by atoms with E-state index in [-0.39, 0.29) is 39.4 Å². The van der Waals surface area contributed by atoms with Crippen molar-refractivity contribution in [1.82, 2.24) is 0 Å². The molecule has 0 amide bonds. The van der Waals surface area contributed by atoms with Crippen LogP contribution >= 0.6 is 0 Å². The molecule has 3 N–H and O–H groups in total. The average Bonchev–Trinajstić information content (AvgIpc) is 2.91. The van der Waals surface area contributed by atoms with Gasteiger partial charge in [-0.2, -0.15) is 0 Å². The predicted molar refractivity (Wildman–Crippen MR) is 97.9 cm³/mol. The SMILES string of the molecule is CC(C)=CCc1c(O)ccc2c1oc1oc3cc(O)cc(O)c3c(=O)c12. The van der Waals surface area contributed by atoms with Gasteiger partial charge in [0.1, 0.15) is 39.2 Å². The molecule has 4 aromatic rings. The van der Waals surface area contributed by atoms with E-state index >= 15 is 0 Å². The minimum absolute atomic E-state index is 0.0217. The van der Waals surface area contributed by atoms with Crippen molar-refractivity contribution in [2.45, 2.75) is 20.3 Å². The molecule has 6 nitrogen and oxygen atoms in total. The van der Waals surface area contributed by atoms with E-state index in [9.17, 15) is 20.1 Å². The van der Waals surface area contributed by atoms with Crippen molar-refractivity contribution >= 4 is 33.1 Å². The number of hydrogen-bond donors (Lipinski definition) is 3. The number of hydrogen-bond acceptors (Lipinski definition) is 6. The van der Waals surface area contributed by atoms with Crippen LogP contribution in [0.4, 0.5) is 0 Å². The van der Waals surface area contributed by atoms with Gasteiger partial charge in [-0.05, 0) is 32.4 Å². The predicted octanol–water partition coefficient (Wildman–Crippen LogP) is 4.32. The molecular formula is C20H16O6. The van der Waals surface area contributed by atoms with Gasteiger partial charge in [0, 0.05) is 23.1 Å². The Morgan fingerprint density at radius 2 is 1.81 bits per heavy atom. The van der Waals surface area contributed by atoms with Gasteiger partial charge in [0.2, 0.25) is 5.43 Å². The van der Waals surface area contributed by atoms with E-state index in [0.29, 0.717) is 23.0 Å². The molecule has 0 bridgehead atoms. The number of fused-ring (bicyclic) bond motifs is 4. The highest BCUT2D eigenvalue weighted by atomic mass is 16.5. The molecule has 0 aliphatic carbocycles. The van der Waals surface area contributed by atoms with Crippen molar-refractivity contribution in [2.24, 2.45) is 0 Å². The molecule has 6 heteroatoms. The molecule has 0 aliphatic heterocycles. The van der Waals surface area contributed by atoms with E-state index in [1.54, 1.807) is 6.07 Å². The summed E-state index contributed by atoms with van der Waals surface area (Å²) in [6.07, 6.45) is 2.38. The third kappa shape index (κ3) is 2.30. The minimum atomic E-state index is -0.462. The molecule has 0 atom stereocenters. The minimum Gasteiger partial charge on any atom is -0.508 e. The second-order valence-electron chi connectivity index (χ2n) is 6.46. The van der Waals surface area contributed by atoms with Crippen molar-refractivity contribution in [3.63, 3.8) is 0 Å². The largest absolute Gasteiger partial charge is 0.508 e. The van der Waals surface area contributed by atoms with E-state index in [0.717, 1.165) is 11.6 Å². The van der Waals surface area contributed by atoms with Crippen molar-refractivity contribution in [3.8, 4) is 17.2 Å². The maximum absolute atomic E-state index is 12.9. The fourth-order valence-electron chi connectivity index (χ4n) is 3.10. The monoisotopic (exact) mass is 352 g/mol. The summed E-state index contributed by atoms with van der Waals surface area (Å²) in [7, 11) is 0. The standard InChI is InChI=1S/C20H16O6/c1-9(2)3-4-11-13(22)6-5-12-16-18(24)17-14(23)7-10(21)8-15(17)25-20(16)26-19(11)12/h3,5-8,21-23H,4H2,1-2H3. The summed E-state index contributed by atoms with van der Waals surface area (Å²) in [6.45, 7) is 3.89. The normalized spacial score (nSPS) is 11.5. The van der Waals surface area contributed by atoms with Crippen LogP contribution in [0.2, 0.25) is 0 Å². The molecule has 2 aromatic heterocycles. The van der Waals surface area contributed by atoms with E-state index < -0.39 is 5.43 Å². The van der Waals surface area contributed by atoms with Gasteiger partial charge in [-0.1, -0.05) is 11.6 Å². The van der Waals surface area contributed by atoms with E-state index in [4.69, 9.17) is 8.83 Å². The molecule has 26 heavy (non-hydrogen) atoms. The van der Waals surface area contributed by atoms with Crippen LogP contribution < -0.4 is 5.43 Å². The zero-order chi connectivity index (χ0) is 18.6. The van der Waals surface area contributed by atoms with Crippen molar-refractivity contribution in [1.29, 1.82) is 0 Å². The Hall–Kier alpha value is -3.41. The molecule has 132 valence electrons. The Kier molecular flexibility index (Phi) is 3.44. The van der Waals surface area contributed by atoms with Crippen LogP contribution in [0.1, 0.15) is 19.4 Å². The van der Waals surface area contributed by atoms with Crippen LogP contribution in [-0.2, 0) is 6.42 Å². The van der Waals surface area contributed by atoms with Crippen LogP contribution in [-0.4, -0.2) is 15.3 Å². The lowest BCUT2D eigenvalue weighted by atomic mass is 10.0. The van der Waals surface area contributed by atoms with Gasteiger partial charge in [-0.25, -0.2) is 0 Å². The van der Waals surface area contributed by atoms with E-state index in [2.05, 4.69) is 0 Å². The first-order chi connectivity index (χ1) is 12.4. The Balaban J connectivity index is 2.15. The van der Waals surface area contributed by atoms with Crippen LogP contribution in [0.25, 0.3) is 33.1 Å². The molecular weight excluding hydrogens is 336 g/mol. The Labute approximate surface area is 147 Å². The summed E-state index contributed by atoms with van der Waals surface area (Å²) in [5, 5.41) is 30.5. The highest BCUT2D eigenvalue weighted by molar-refractivity contribution is 6.08. The average molecular weight is 352 g/mol. The lowest BCUT2D eigenvalue weighted by molar-refractivity contribution is 0.451. The number of phenols is 3. The number of rotatable bonds is 2. The molecule has 0 spiro atoms. The second-order valence-corrected chi connectivity index (χ2v) is 6.46. The first kappa shape index (κ1) is 16.1. The Morgan fingerprint density at radius 3 is 2.54 bits per heavy atom. The van der Waals surface area contributed by atoms with Gasteiger partial charge in [0.15, 0.2) is 0 Å². The number of phenolic OH excluding ortho intramolecular Hbond substituents is 3. The van der Waals surface area contributed by atoms with Crippen molar-refractivity contribution < 1.29 is 24.2 Å². The van der Waals surface area contributed by atoms with Crippen molar-refractivity contribution in [2.75, 3.05) is 0 Å². The van der Waals surface area contributed by atoms with Gasteiger partial charge >= 0.3 is 5.78 Å². The molecule has 0 saturated heterocycles. The fourth-order valence-corrected chi connectivity index (χ4v) is 3.10. The summed E-state index contributed by atoms with van der Waals surface area (Å²) in [5.74, 6) is -0.554. The zero-order valence-electron chi connectivity index (χ0n) is 14.2. The van der Waals surface area contributed by atoms with Gasteiger partial charge in [-0.15, -0.1) is 0 Å². The second kappa shape index (κ2) is 5.56. The number of allylic oxidation sites excluding steroid dienone is 2. The van der Waals surface area contributed by atoms with Gasteiger partial charge in [-0.3, -0.25) is 4.79 Å². The molecule has 2 heterocycles. The van der Waals surface area contributed by atoms with Gasteiger partial charge in [0.05, 0.1) is 0 Å². The number of aromatic hydroxyl groups is 3. The third-order valence-electron chi connectivity index (χ3n) is 4.34. The summed E-state index contributed by atoms with van der Waals surface area (Å²) in [6, 6.07) is 5.42. The molecule has 0 fully saturated rings. The van der Waals surface area contributed by atoms with Gasteiger partial charge in [0.25, 0.3) is 0 Å². The summed E-state index contributed by atoms with van der Waals surface area (Å²) >= 11 is 0. The number of furan rings is 1. The smallest absolute Gasteiger partial charge is 0.302 e. The zero-order valence-corrected chi connectivity index (χ0v) is 14.2. The van der Waals surface area contributed by atoms with Crippen LogP contribution in [0.3, 0.4) is 0 Å². The third-order valence-corrected chi connectivity index (χ3v) is 4.34. The molecule has 0 aliphatic rings. The lowest BCUT2D eigenvalue weighted by Gasteiger charge is -2.02. The van der Waals surface area contributed by atoms with Crippen LogP contribution in [0.5, 0.6) is 17.2 Å². The van der Waals surface area contributed by atoms with Gasteiger partial charge < -0.3 is 24.2 Å². The Bertz CT molecular complexity index is 1270. The number of benzene rings is 2. The summed E-state index contributed by atoms with van der Waals surface area (Å²) in [5.41, 5.74) is 1.55. The maximum Gasteiger partial charge on any atom is 0.302 e. The quantitative estimate of drug-likeness (QED) is 0.464. The van der Waals surface area contributed by atoms with Crippen LogP contribution in [0, 0.1) is 0 Å². The molecule has 2 aromatic carbocycles. The highest BCUT2D eigenvalue weighted by Gasteiger charge is 2.21. The van der Waals surface area contributed by atoms with Crippen molar-refractivity contribution in [3.05, 3.63) is 51.7 Å². The van der Waals surface area contributed by atoms with Crippen LogP contribution in [0.15, 0.2) is 49.5 Å². The summed E-state index contributed by atoms with van der Waals surface area (Å²) < 4.78 is 11.4.